The molecule has 4 rings (SSSR count). The van der Waals surface area contributed by atoms with Crippen LogP contribution in [0.15, 0.2) is 30.6 Å². The Morgan fingerprint density at radius 2 is 1.88 bits per heavy atom. The number of ether oxygens (including phenoxy) is 1. The van der Waals surface area contributed by atoms with Crippen LogP contribution in [0.25, 0.3) is 17.2 Å². The molecule has 0 bridgehead atoms. The van der Waals surface area contributed by atoms with Gasteiger partial charge in [-0.3, -0.25) is 4.79 Å². The van der Waals surface area contributed by atoms with Gasteiger partial charge in [0.05, 0.1) is 30.3 Å². The molecule has 0 unspecified atom stereocenters. The molecule has 8 heteroatoms. The van der Waals surface area contributed by atoms with E-state index in [1.807, 2.05) is 32.3 Å². The molecule has 0 fully saturated rings. The maximum Gasteiger partial charge on any atom is 0.257 e. The highest BCUT2D eigenvalue weighted by atomic mass is 16.5. The Hall–Kier alpha value is -3.26. The third-order valence-electron chi connectivity index (χ3n) is 6.51. The van der Waals surface area contributed by atoms with Crippen LogP contribution >= 0.6 is 0 Å². The standard InChI is InChI=1S/C25H32N6O2/c1-6-30(7-2)13-12-29(4)24(32)22-16-27-31(17(22)3)25-26-15-19-9-8-18-10-11-20(33-5)14-21(18)23(19)28-25/h10-11,14-16H,6-9,12-13H2,1-5H3. The SMILES string of the molecule is CCN(CC)CCN(C)C(=O)c1cnn(-c2ncc3c(n2)-c2cc(OC)ccc2CC3)c1C. The molecule has 2 aromatic heterocycles. The predicted molar refractivity (Wildman–Crippen MR) is 128 cm³/mol. The van der Waals surface area contributed by atoms with E-state index in [1.54, 1.807) is 22.9 Å². The Kier molecular flexibility index (Phi) is 6.74. The molecule has 0 saturated heterocycles. The highest BCUT2D eigenvalue weighted by molar-refractivity contribution is 5.95. The second-order valence-corrected chi connectivity index (χ2v) is 8.38. The number of likely N-dealkylation sites (N-methyl/N-ethyl adjacent to an activating group) is 2. The highest BCUT2D eigenvalue weighted by Gasteiger charge is 2.23. The molecule has 0 spiro atoms. The minimum atomic E-state index is -0.0426. The number of carbonyl (C=O) groups is 1. The van der Waals surface area contributed by atoms with Crippen molar-refractivity contribution in [3.05, 3.63) is 53.0 Å². The lowest BCUT2D eigenvalue weighted by Crippen LogP contribution is -2.36. The topological polar surface area (TPSA) is 76.4 Å². The van der Waals surface area contributed by atoms with Crippen LogP contribution in [0.3, 0.4) is 0 Å². The third kappa shape index (κ3) is 4.48. The molecule has 2 heterocycles. The van der Waals surface area contributed by atoms with E-state index in [-0.39, 0.29) is 5.91 Å². The number of fused-ring (bicyclic) bond motifs is 3. The van der Waals surface area contributed by atoms with Gasteiger partial charge in [-0.2, -0.15) is 5.10 Å². The Labute approximate surface area is 195 Å². The number of hydrogen-bond donors (Lipinski definition) is 0. The van der Waals surface area contributed by atoms with Gasteiger partial charge in [-0.25, -0.2) is 14.6 Å². The average molecular weight is 449 g/mol. The van der Waals surface area contributed by atoms with E-state index in [4.69, 9.17) is 9.72 Å². The summed E-state index contributed by atoms with van der Waals surface area (Å²) in [7, 11) is 3.50. The molecule has 33 heavy (non-hydrogen) atoms. The van der Waals surface area contributed by atoms with Crippen LogP contribution in [0.1, 0.15) is 41.0 Å². The van der Waals surface area contributed by atoms with E-state index in [0.717, 1.165) is 60.7 Å². The molecule has 0 N–H and O–H groups in total. The molecular weight excluding hydrogens is 416 g/mol. The van der Waals surface area contributed by atoms with Crippen LogP contribution in [-0.4, -0.2) is 75.8 Å². The summed E-state index contributed by atoms with van der Waals surface area (Å²) in [6.07, 6.45) is 5.34. The van der Waals surface area contributed by atoms with Gasteiger partial charge in [-0.1, -0.05) is 19.9 Å². The molecule has 1 aromatic carbocycles. The zero-order chi connectivity index (χ0) is 23.5. The molecule has 8 nitrogen and oxygen atoms in total. The molecule has 174 valence electrons. The molecule has 0 atom stereocenters. The van der Waals surface area contributed by atoms with E-state index >= 15 is 0 Å². The molecule has 1 aliphatic carbocycles. The number of hydrogen-bond acceptors (Lipinski definition) is 6. The zero-order valence-electron chi connectivity index (χ0n) is 20.1. The first-order valence-corrected chi connectivity index (χ1v) is 11.5. The van der Waals surface area contributed by atoms with Crippen molar-refractivity contribution in [2.75, 3.05) is 40.3 Å². The number of aromatic nitrogens is 4. The van der Waals surface area contributed by atoms with Crippen molar-refractivity contribution in [1.82, 2.24) is 29.5 Å². The van der Waals surface area contributed by atoms with Gasteiger partial charge < -0.3 is 14.5 Å². The third-order valence-corrected chi connectivity index (χ3v) is 6.51. The second kappa shape index (κ2) is 9.70. The highest BCUT2D eigenvalue weighted by Crippen LogP contribution is 2.34. The van der Waals surface area contributed by atoms with Crippen molar-refractivity contribution in [2.45, 2.75) is 33.6 Å². The van der Waals surface area contributed by atoms with Crippen LogP contribution < -0.4 is 4.74 Å². The van der Waals surface area contributed by atoms with E-state index in [9.17, 15) is 4.79 Å². The van der Waals surface area contributed by atoms with Crippen molar-refractivity contribution in [2.24, 2.45) is 0 Å². The Morgan fingerprint density at radius 1 is 1.12 bits per heavy atom. The molecule has 1 amide bonds. The first kappa shape index (κ1) is 22.9. The largest absolute Gasteiger partial charge is 0.497 e. The number of benzene rings is 1. The summed E-state index contributed by atoms with van der Waals surface area (Å²) < 4.78 is 7.08. The Bertz CT molecular complexity index is 1150. The fraction of sp³-hybridized carbons (Fsp3) is 0.440. The monoisotopic (exact) mass is 448 g/mol. The van der Waals surface area contributed by atoms with Gasteiger partial charge in [0.2, 0.25) is 0 Å². The van der Waals surface area contributed by atoms with Gasteiger partial charge in [-0.05, 0) is 56.1 Å². The summed E-state index contributed by atoms with van der Waals surface area (Å²) in [6.45, 7) is 9.61. The van der Waals surface area contributed by atoms with Crippen molar-refractivity contribution in [3.63, 3.8) is 0 Å². The lowest BCUT2D eigenvalue weighted by Gasteiger charge is -2.23. The normalized spacial score (nSPS) is 12.4. The quantitative estimate of drug-likeness (QED) is 0.527. The van der Waals surface area contributed by atoms with Gasteiger partial charge in [0.25, 0.3) is 11.9 Å². The molecule has 1 aliphatic rings. The summed E-state index contributed by atoms with van der Waals surface area (Å²) in [5, 5.41) is 4.46. The maximum absolute atomic E-state index is 13.1. The van der Waals surface area contributed by atoms with E-state index in [0.29, 0.717) is 18.1 Å². The van der Waals surface area contributed by atoms with Gasteiger partial charge in [0.1, 0.15) is 5.75 Å². The maximum atomic E-state index is 13.1. The number of aryl methyl sites for hydroxylation is 2. The molecule has 3 aromatic rings. The first-order valence-electron chi connectivity index (χ1n) is 11.5. The molecular formula is C25H32N6O2. The fourth-order valence-electron chi connectivity index (χ4n) is 4.27. The number of carbonyl (C=O) groups excluding carboxylic acids is 1. The molecule has 0 aliphatic heterocycles. The molecule has 0 saturated carbocycles. The van der Waals surface area contributed by atoms with Gasteiger partial charge in [-0.15, -0.1) is 0 Å². The lowest BCUT2D eigenvalue weighted by atomic mass is 9.90. The van der Waals surface area contributed by atoms with Crippen LogP contribution in [0, 0.1) is 6.92 Å². The minimum absolute atomic E-state index is 0.0426. The number of amides is 1. The van der Waals surface area contributed by atoms with E-state index in [2.05, 4.69) is 34.9 Å². The Morgan fingerprint density at radius 3 is 2.61 bits per heavy atom. The summed E-state index contributed by atoms with van der Waals surface area (Å²) in [6, 6.07) is 6.11. The van der Waals surface area contributed by atoms with Crippen molar-refractivity contribution < 1.29 is 9.53 Å². The summed E-state index contributed by atoms with van der Waals surface area (Å²) >= 11 is 0. The first-order chi connectivity index (χ1) is 16.0. The lowest BCUT2D eigenvalue weighted by molar-refractivity contribution is 0.0779. The number of methoxy groups -OCH3 is 1. The summed E-state index contributed by atoms with van der Waals surface area (Å²) in [4.78, 5) is 26.5. The van der Waals surface area contributed by atoms with Crippen molar-refractivity contribution in [1.29, 1.82) is 0 Å². The Balaban J connectivity index is 1.61. The number of rotatable bonds is 8. The van der Waals surface area contributed by atoms with Crippen LogP contribution in [-0.2, 0) is 12.8 Å². The zero-order valence-corrected chi connectivity index (χ0v) is 20.1. The predicted octanol–water partition coefficient (Wildman–Crippen LogP) is 3.16. The summed E-state index contributed by atoms with van der Waals surface area (Å²) in [5.74, 6) is 1.23. The van der Waals surface area contributed by atoms with Crippen LogP contribution in [0.5, 0.6) is 5.75 Å². The number of nitrogens with zero attached hydrogens (tertiary/aromatic N) is 6. The van der Waals surface area contributed by atoms with Crippen LogP contribution in [0.2, 0.25) is 0 Å². The average Bonchev–Trinajstić information content (AvgIpc) is 3.24. The van der Waals surface area contributed by atoms with E-state index in [1.165, 1.54) is 5.56 Å². The van der Waals surface area contributed by atoms with Gasteiger partial charge in [0.15, 0.2) is 0 Å². The second-order valence-electron chi connectivity index (χ2n) is 8.38. The van der Waals surface area contributed by atoms with Gasteiger partial charge in [0, 0.05) is 31.9 Å². The fourth-order valence-corrected chi connectivity index (χ4v) is 4.27. The van der Waals surface area contributed by atoms with Crippen LogP contribution in [0.4, 0.5) is 0 Å². The minimum Gasteiger partial charge on any atom is -0.497 e. The smallest absolute Gasteiger partial charge is 0.257 e. The van der Waals surface area contributed by atoms with E-state index < -0.39 is 0 Å². The van der Waals surface area contributed by atoms with Crippen molar-refractivity contribution in [3.8, 4) is 23.0 Å². The van der Waals surface area contributed by atoms with Gasteiger partial charge >= 0.3 is 0 Å². The molecule has 0 radical (unpaired) electrons. The van der Waals surface area contributed by atoms with Crippen molar-refractivity contribution >= 4 is 5.91 Å². The summed E-state index contributed by atoms with van der Waals surface area (Å²) in [5.41, 5.74) is 5.63.